The zero-order valence-electron chi connectivity index (χ0n) is 18.4. The van der Waals surface area contributed by atoms with Gasteiger partial charge in [0.05, 0.1) is 17.9 Å². The van der Waals surface area contributed by atoms with Gasteiger partial charge < -0.3 is 14.7 Å². The van der Waals surface area contributed by atoms with Crippen LogP contribution in [0.3, 0.4) is 0 Å². The quantitative estimate of drug-likeness (QED) is 0.528. The van der Waals surface area contributed by atoms with Crippen LogP contribution in [0.5, 0.6) is 0 Å². The Morgan fingerprint density at radius 2 is 1.88 bits per heavy atom. The number of hydrogen-bond acceptors (Lipinski definition) is 4. The van der Waals surface area contributed by atoms with Gasteiger partial charge in [0.25, 0.3) is 11.8 Å². The van der Waals surface area contributed by atoms with Crippen molar-refractivity contribution in [2.24, 2.45) is 0 Å². The summed E-state index contributed by atoms with van der Waals surface area (Å²) in [7, 11) is 0. The second-order valence-electron chi connectivity index (χ2n) is 8.61. The highest BCUT2D eigenvalue weighted by Gasteiger charge is 2.39. The molecule has 0 radical (unpaired) electrons. The summed E-state index contributed by atoms with van der Waals surface area (Å²) >= 11 is 6.23. The van der Waals surface area contributed by atoms with Gasteiger partial charge in [0, 0.05) is 24.8 Å². The normalized spacial score (nSPS) is 17.9. The number of aryl methyl sites for hydroxylation is 1. The molecule has 5 rings (SSSR count). The Morgan fingerprint density at radius 1 is 1.12 bits per heavy atom. The van der Waals surface area contributed by atoms with Crippen LogP contribution in [0, 0.1) is 6.92 Å². The SMILES string of the molecule is Cc1ccc(C(=O)N2CCCC2N2CN(Cc3ccccc3)C(=O)c3cnc(Cl)cc32)cc1. The highest BCUT2D eigenvalue weighted by atomic mass is 35.5. The largest absolute Gasteiger partial charge is 0.332 e. The molecule has 0 saturated carbocycles. The molecule has 33 heavy (non-hydrogen) atoms. The van der Waals surface area contributed by atoms with Gasteiger partial charge in [0.2, 0.25) is 0 Å². The number of halogens is 1. The first kappa shape index (κ1) is 21.5. The number of rotatable bonds is 4. The van der Waals surface area contributed by atoms with E-state index in [1.165, 1.54) is 0 Å². The summed E-state index contributed by atoms with van der Waals surface area (Å²) < 4.78 is 0. The van der Waals surface area contributed by atoms with Crippen LogP contribution >= 0.6 is 11.6 Å². The molecule has 1 unspecified atom stereocenters. The standard InChI is InChI=1S/C26H25ClN4O2/c1-18-9-11-20(12-10-18)25(32)30-13-5-8-24(30)31-17-29(16-19-6-3-2-4-7-19)26(33)21-15-28-23(27)14-22(21)31/h2-4,6-7,9-12,14-15,24H,5,8,13,16-17H2,1H3. The monoisotopic (exact) mass is 460 g/mol. The van der Waals surface area contributed by atoms with Crippen LogP contribution in [-0.2, 0) is 6.54 Å². The highest BCUT2D eigenvalue weighted by Crippen LogP contribution is 2.35. The van der Waals surface area contributed by atoms with Crippen molar-refractivity contribution in [1.82, 2.24) is 14.8 Å². The van der Waals surface area contributed by atoms with E-state index in [4.69, 9.17) is 11.6 Å². The van der Waals surface area contributed by atoms with Crippen LogP contribution < -0.4 is 4.90 Å². The summed E-state index contributed by atoms with van der Waals surface area (Å²) in [6, 6.07) is 19.3. The van der Waals surface area contributed by atoms with Crippen LogP contribution in [0.25, 0.3) is 0 Å². The van der Waals surface area contributed by atoms with E-state index < -0.39 is 0 Å². The van der Waals surface area contributed by atoms with Gasteiger partial charge >= 0.3 is 0 Å². The molecule has 1 saturated heterocycles. The first-order chi connectivity index (χ1) is 16.0. The minimum atomic E-state index is -0.164. The van der Waals surface area contributed by atoms with Crippen LogP contribution in [0.2, 0.25) is 5.15 Å². The van der Waals surface area contributed by atoms with Crippen molar-refractivity contribution in [1.29, 1.82) is 0 Å². The van der Waals surface area contributed by atoms with Gasteiger partial charge in [0.15, 0.2) is 0 Å². The number of amides is 2. The number of carbonyl (C=O) groups is 2. The summed E-state index contributed by atoms with van der Waals surface area (Å²) in [5.41, 5.74) is 4.09. The lowest BCUT2D eigenvalue weighted by atomic mass is 10.1. The van der Waals surface area contributed by atoms with E-state index in [-0.39, 0.29) is 18.0 Å². The van der Waals surface area contributed by atoms with E-state index in [9.17, 15) is 9.59 Å². The Balaban J connectivity index is 1.49. The van der Waals surface area contributed by atoms with Crippen LogP contribution in [0.1, 0.15) is 44.7 Å². The third-order valence-electron chi connectivity index (χ3n) is 6.36. The van der Waals surface area contributed by atoms with Gasteiger partial charge in [-0.05, 0) is 43.5 Å². The lowest BCUT2D eigenvalue weighted by molar-refractivity contribution is 0.0666. The number of pyridine rings is 1. The number of carbonyl (C=O) groups excluding carboxylic acids is 2. The molecule has 7 heteroatoms. The number of benzene rings is 2. The molecule has 1 fully saturated rings. The van der Waals surface area contributed by atoms with Gasteiger partial charge in [-0.25, -0.2) is 4.98 Å². The smallest absolute Gasteiger partial charge is 0.259 e. The molecule has 0 spiro atoms. The molecule has 6 nitrogen and oxygen atoms in total. The molecular weight excluding hydrogens is 436 g/mol. The molecule has 2 amide bonds. The van der Waals surface area contributed by atoms with Gasteiger partial charge in [-0.3, -0.25) is 9.59 Å². The zero-order valence-corrected chi connectivity index (χ0v) is 19.2. The maximum Gasteiger partial charge on any atom is 0.259 e. The molecule has 0 aliphatic carbocycles. The van der Waals surface area contributed by atoms with Crippen molar-refractivity contribution in [2.45, 2.75) is 32.5 Å². The van der Waals surface area contributed by atoms with Crippen LogP contribution in [0.15, 0.2) is 66.9 Å². The average Bonchev–Trinajstić information content (AvgIpc) is 3.31. The average molecular weight is 461 g/mol. The van der Waals surface area contributed by atoms with Gasteiger partial charge in [-0.1, -0.05) is 59.6 Å². The van der Waals surface area contributed by atoms with Gasteiger partial charge in [0.1, 0.15) is 11.3 Å². The van der Waals surface area contributed by atoms with E-state index in [2.05, 4.69) is 9.88 Å². The first-order valence-electron chi connectivity index (χ1n) is 11.1. The van der Waals surface area contributed by atoms with E-state index in [0.717, 1.165) is 29.7 Å². The maximum atomic E-state index is 13.4. The van der Waals surface area contributed by atoms with Crippen molar-refractivity contribution < 1.29 is 9.59 Å². The summed E-state index contributed by atoms with van der Waals surface area (Å²) in [5, 5.41) is 0.331. The molecule has 0 N–H and O–H groups in total. The molecule has 0 bridgehead atoms. The summed E-state index contributed by atoms with van der Waals surface area (Å²) in [6.45, 7) is 3.54. The number of aromatic nitrogens is 1. The van der Waals surface area contributed by atoms with Crippen molar-refractivity contribution in [3.8, 4) is 0 Å². The number of likely N-dealkylation sites (tertiary alicyclic amines) is 1. The Bertz CT molecular complexity index is 1180. The second-order valence-corrected chi connectivity index (χ2v) is 9.00. The predicted octanol–water partition coefficient (Wildman–Crippen LogP) is 4.73. The third kappa shape index (κ3) is 4.18. The predicted molar refractivity (Wildman–Crippen MR) is 128 cm³/mol. The number of fused-ring (bicyclic) bond motifs is 1. The number of hydrogen-bond donors (Lipinski definition) is 0. The Labute approximate surface area is 198 Å². The minimum absolute atomic E-state index is 0.00529. The fourth-order valence-corrected chi connectivity index (χ4v) is 4.82. The molecule has 3 aromatic rings. The Morgan fingerprint density at radius 3 is 2.64 bits per heavy atom. The third-order valence-corrected chi connectivity index (χ3v) is 6.56. The van der Waals surface area contributed by atoms with Crippen molar-refractivity contribution in [3.63, 3.8) is 0 Å². The molecule has 168 valence electrons. The van der Waals surface area contributed by atoms with Crippen LogP contribution in [-0.4, -0.2) is 46.0 Å². The highest BCUT2D eigenvalue weighted by molar-refractivity contribution is 6.29. The molecular formula is C26H25ClN4O2. The fourth-order valence-electron chi connectivity index (χ4n) is 4.67. The fraction of sp³-hybridized carbons (Fsp3) is 0.269. The second kappa shape index (κ2) is 8.87. The van der Waals surface area contributed by atoms with Crippen molar-refractivity contribution in [2.75, 3.05) is 18.1 Å². The van der Waals surface area contributed by atoms with Gasteiger partial charge in [-0.2, -0.15) is 0 Å². The Kier molecular flexibility index (Phi) is 5.77. The lowest BCUT2D eigenvalue weighted by Gasteiger charge is -2.43. The van der Waals surface area contributed by atoms with Crippen molar-refractivity contribution >= 4 is 29.1 Å². The van der Waals surface area contributed by atoms with Crippen LogP contribution in [0.4, 0.5) is 5.69 Å². The molecule has 3 heterocycles. The molecule has 1 atom stereocenters. The molecule has 2 aliphatic rings. The topological polar surface area (TPSA) is 56.8 Å². The van der Waals surface area contributed by atoms with Gasteiger partial charge in [-0.15, -0.1) is 0 Å². The van der Waals surface area contributed by atoms with E-state index in [0.29, 0.717) is 36.0 Å². The maximum absolute atomic E-state index is 13.4. The number of nitrogens with zero attached hydrogens (tertiary/aromatic N) is 4. The molecule has 2 aliphatic heterocycles. The first-order valence-corrected chi connectivity index (χ1v) is 11.5. The molecule has 2 aromatic carbocycles. The minimum Gasteiger partial charge on any atom is -0.332 e. The summed E-state index contributed by atoms with van der Waals surface area (Å²) in [6.07, 6.45) is 3.11. The summed E-state index contributed by atoms with van der Waals surface area (Å²) in [5.74, 6) is -0.0746. The Hall–Kier alpha value is -3.38. The van der Waals surface area contributed by atoms with E-state index in [1.807, 2.05) is 66.4 Å². The van der Waals surface area contributed by atoms with E-state index in [1.54, 1.807) is 17.2 Å². The molecule has 1 aromatic heterocycles. The summed E-state index contributed by atoms with van der Waals surface area (Å²) in [4.78, 5) is 36.7. The lowest BCUT2D eigenvalue weighted by Crippen LogP contribution is -2.55. The zero-order chi connectivity index (χ0) is 22.9. The number of anilines is 1. The van der Waals surface area contributed by atoms with E-state index >= 15 is 0 Å². The van der Waals surface area contributed by atoms with Crippen molar-refractivity contribution in [3.05, 3.63) is 94.3 Å².